The van der Waals surface area contributed by atoms with Gasteiger partial charge in [-0.2, -0.15) is 0 Å². The maximum absolute atomic E-state index is 11.8. The van der Waals surface area contributed by atoms with Gasteiger partial charge in [-0.15, -0.1) is 0 Å². The minimum atomic E-state index is 0.0994. The molecule has 0 bridgehead atoms. The van der Waals surface area contributed by atoms with Crippen LogP contribution in [0.1, 0.15) is 24.8 Å². The molecule has 0 aliphatic carbocycles. The Morgan fingerprint density at radius 3 is 2.83 bits per heavy atom. The molecule has 1 heterocycles. The van der Waals surface area contributed by atoms with Crippen molar-refractivity contribution in [2.24, 2.45) is 0 Å². The van der Waals surface area contributed by atoms with Crippen LogP contribution in [-0.2, 0) is 16.0 Å². The highest BCUT2D eigenvalue weighted by atomic mass is 16.5. The van der Waals surface area contributed by atoms with Crippen LogP contribution in [-0.4, -0.2) is 25.2 Å². The normalized spacial score (nSPS) is 19.4. The van der Waals surface area contributed by atoms with Crippen LogP contribution in [0.25, 0.3) is 0 Å². The van der Waals surface area contributed by atoms with Crippen molar-refractivity contribution in [1.29, 1.82) is 0 Å². The van der Waals surface area contributed by atoms with Crippen molar-refractivity contribution < 1.29 is 9.53 Å². The van der Waals surface area contributed by atoms with Crippen LogP contribution in [0.15, 0.2) is 24.3 Å². The first-order valence-corrected chi connectivity index (χ1v) is 6.45. The van der Waals surface area contributed by atoms with E-state index in [0.29, 0.717) is 13.0 Å². The van der Waals surface area contributed by atoms with Crippen LogP contribution >= 0.6 is 0 Å². The van der Waals surface area contributed by atoms with Gasteiger partial charge in [-0.3, -0.25) is 4.79 Å². The first-order chi connectivity index (χ1) is 8.74. The SMILES string of the molecule is Nc1ccc(CCC(=O)NC2CCCOC2)cc1. The van der Waals surface area contributed by atoms with E-state index in [2.05, 4.69) is 5.32 Å². The van der Waals surface area contributed by atoms with Crippen molar-refractivity contribution >= 4 is 11.6 Å². The summed E-state index contributed by atoms with van der Waals surface area (Å²) in [6.07, 6.45) is 3.32. The predicted octanol–water partition coefficient (Wildman–Crippen LogP) is 1.50. The molecule has 1 saturated heterocycles. The molecular weight excluding hydrogens is 228 g/mol. The summed E-state index contributed by atoms with van der Waals surface area (Å²) in [5, 5.41) is 3.01. The van der Waals surface area contributed by atoms with Crippen LogP contribution < -0.4 is 11.1 Å². The summed E-state index contributed by atoms with van der Waals surface area (Å²) in [5.41, 5.74) is 7.50. The molecule has 1 aliphatic heterocycles. The van der Waals surface area contributed by atoms with Crippen LogP contribution in [0.2, 0.25) is 0 Å². The molecule has 1 unspecified atom stereocenters. The number of rotatable bonds is 4. The number of anilines is 1. The smallest absolute Gasteiger partial charge is 0.220 e. The van der Waals surface area contributed by atoms with Crippen LogP contribution in [0.4, 0.5) is 5.69 Å². The Hall–Kier alpha value is -1.55. The molecule has 0 spiro atoms. The number of nitrogen functional groups attached to an aromatic ring is 1. The zero-order valence-corrected chi connectivity index (χ0v) is 10.5. The van der Waals surface area contributed by atoms with E-state index < -0.39 is 0 Å². The highest BCUT2D eigenvalue weighted by Crippen LogP contribution is 2.09. The Labute approximate surface area is 108 Å². The van der Waals surface area contributed by atoms with Crippen LogP contribution in [0, 0.1) is 0 Å². The molecule has 0 saturated carbocycles. The van der Waals surface area contributed by atoms with Crippen molar-refractivity contribution in [3.63, 3.8) is 0 Å². The Morgan fingerprint density at radius 2 is 2.17 bits per heavy atom. The average Bonchev–Trinajstić information content (AvgIpc) is 2.39. The average molecular weight is 248 g/mol. The number of carbonyl (C=O) groups is 1. The van der Waals surface area contributed by atoms with Crippen molar-refractivity contribution in [2.75, 3.05) is 18.9 Å². The van der Waals surface area contributed by atoms with Gasteiger partial charge in [0.05, 0.1) is 12.6 Å². The fourth-order valence-electron chi connectivity index (χ4n) is 2.10. The lowest BCUT2D eigenvalue weighted by molar-refractivity contribution is -0.122. The highest BCUT2D eigenvalue weighted by molar-refractivity contribution is 5.76. The third-order valence-electron chi connectivity index (χ3n) is 3.15. The first-order valence-electron chi connectivity index (χ1n) is 6.45. The Bertz CT molecular complexity index is 383. The summed E-state index contributed by atoms with van der Waals surface area (Å²) in [6.45, 7) is 1.46. The zero-order chi connectivity index (χ0) is 12.8. The van der Waals surface area contributed by atoms with E-state index in [0.717, 1.165) is 37.1 Å². The van der Waals surface area contributed by atoms with Crippen molar-refractivity contribution in [2.45, 2.75) is 31.7 Å². The third kappa shape index (κ3) is 4.04. The highest BCUT2D eigenvalue weighted by Gasteiger charge is 2.15. The number of benzene rings is 1. The molecule has 4 heteroatoms. The number of amides is 1. The first kappa shape index (κ1) is 12.9. The molecule has 18 heavy (non-hydrogen) atoms. The summed E-state index contributed by atoms with van der Waals surface area (Å²) in [6, 6.07) is 7.85. The van der Waals surface area contributed by atoms with E-state index in [1.165, 1.54) is 0 Å². The van der Waals surface area contributed by atoms with E-state index in [-0.39, 0.29) is 11.9 Å². The molecular formula is C14H20N2O2. The molecule has 98 valence electrons. The van der Waals surface area contributed by atoms with E-state index in [1.54, 1.807) is 0 Å². The molecule has 4 nitrogen and oxygen atoms in total. The number of ether oxygens (including phenoxy) is 1. The Balaban J connectivity index is 1.72. The zero-order valence-electron chi connectivity index (χ0n) is 10.5. The van der Waals surface area contributed by atoms with Gasteiger partial charge in [-0.1, -0.05) is 12.1 Å². The van der Waals surface area contributed by atoms with Gasteiger partial charge in [-0.25, -0.2) is 0 Å². The number of hydrogen-bond donors (Lipinski definition) is 2. The fraction of sp³-hybridized carbons (Fsp3) is 0.500. The fourth-order valence-corrected chi connectivity index (χ4v) is 2.10. The summed E-state index contributed by atoms with van der Waals surface area (Å²) >= 11 is 0. The topological polar surface area (TPSA) is 64.4 Å². The number of hydrogen-bond acceptors (Lipinski definition) is 3. The molecule has 3 N–H and O–H groups in total. The number of nitrogens with one attached hydrogen (secondary N) is 1. The summed E-state index contributed by atoms with van der Waals surface area (Å²) in [4.78, 5) is 11.8. The number of carbonyl (C=O) groups excluding carboxylic acids is 1. The second-order valence-electron chi connectivity index (χ2n) is 4.72. The van der Waals surface area contributed by atoms with Crippen molar-refractivity contribution in [3.05, 3.63) is 29.8 Å². The van der Waals surface area contributed by atoms with E-state index in [4.69, 9.17) is 10.5 Å². The standard InChI is InChI=1S/C14H20N2O2/c15-12-6-3-11(4-7-12)5-8-14(17)16-13-2-1-9-18-10-13/h3-4,6-7,13H,1-2,5,8-10,15H2,(H,16,17). The second kappa shape index (κ2) is 6.40. The lowest BCUT2D eigenvalue weighted by Crippen LogP contribution is -2.40. The molecule has 1 atom stereocenters. The maximum Gasteiger partial charge on any atom is 0.220 e. The van der Waals surface area contributed by atoms with Gasteiger partial charge in [-0.05, 0) is 37.0 Å². The van der Waals surface area contributed by atoms with Gasteiger partial charge in [0.25, 0.3) is 0 Å². The third-order valence-corrected chi connectivity index (χ3v) is 3.15. The van der Waals surface area contributed by atoms with E-state index >= 15 is 0 Å². The monoisotopic (exact) mass is 248 g/mol. The maximum atomic E-state index is 11.8. The Morgan fingerprint density at radius 1 is 1.39 bits per heavy atom. The quantitative estimate of drug-likeness (QED) is 0.794. The number of nitrogens with two attached hydrogens (primary N) is 1. The number of aryl methyl sites for hydroxylation is 1. The van der Waals surface area contributed by atoms with Crippen LogP contribution in [0.5, 0.6) is 0 Å². The molecule has 1 aromatic carbocycles. The molecule has 0 aromatic heterocycles. The minimum Gasteiger partial charge on any atom is -0.399 e. The van der Waals surface area contributed by atoms with Gasteiger partial charge >= 0.3 is 0 Å². The lowest BCUT2D eigenvalue weighted by Gasteiger charge is -2.23. The minimum absolute atomic E-state index is 0.0994. The largest absolute Gasteiger partial charge is 0.399 e. The van der Waals surface area contributed by atoms with E-state index in [9.17, 15) is 4.79 Å². The van der Waals surface area contributed by atoms with Gasteiger partial charge in [0.1, 0.15) is 0 Å². The summed E-state index contributed by atoms with van der Waals surface area (Å²) in [5.74, 6) is 0.0994. The molecule has 1 fully saturated rings. The molecule has 2 rings (SSSR count). The molecule has 1 amide bonds. The van der Waals surface area contributed by atoms with Gasteiger partial charge in [0, 0.05) is 18.7 Å². The van der Waals surface area contributed by atoms with Gasteiger partial charge in [0.15, 0.2) is 0 Å². The molecule has 0 radical (unpaired) electrons. The van der Waals surface area contributed by atoms with E-state index in [1.807, 2.05) is 24.3 Å². The van der Waals surface area contributed by atoms with Gasteiger partial charge < -0.3 is 15.8 Å². The lowest BCUT2D eigenvalue weighted by atomic mass is 10.1. The van der Waals surface area contributed by atoms with Crippen molar-refractivity contribution in [1.82, 2.24) is 5.32 Å². The molecule has 1 aromatic rings. The predicted molar refractivity (Wildman–Crippen MR) is 71.2 cm³/mol. The Kier molecular flexibility index (Phi) is 4.59. The van der Waals surface area contributed by atoms with Crippen molar-refractivity contribution in [3.8, 4) is 0 Å². The second-order valence-corrected chi connectivity index (χ2v) is 4.72. The summed E-state index contributed by atoms with van der Waals surface area (Å²) in [7, 11) is 0. The van der Waals surface area contributed by atoms with Crippen LogP contribution in [0.3, 0.4) is 0 Å². The molecule has 1 aliphatic rings. The van der Waals surface area contributed by atoms with Gasteiger partial charge in [0.2, 0.25) is 5.91 Å². The summed E-state index contributed by atoms with van der Waals surface area (Å²) < 4.78 is 5.33.